The number of isothiocyanates is 1. The normalized spacial score (nSPS) is 12.4. The average Bonchev–Trinajstić information content (AvgIpc) is 1.82. The third-order valence-corrected chi connectivity index (χ3v) is 1.69. The Hall–Kier alpha value is -0.240. The van der Waals surface area contributed by atoms with Gasteiger partial charge >= 0.3 is 0 Å². The number of aliphatic imine (C=N–C) groups is 1. The molecule has 0 aliphatic rings. The van der Waals surface area contributed by atoms with E-state index in [1.807, 2.05) is 34.6 Å². The second-order valence-electron chi connectivity index (χ2n) is 4.73. The molecule has 0 unspecified atom stereocenters. The fourth-order valence-corrected chi connectivity index (χ4v) is 1.03. The van der Waals surface area contributed by atoms with Gasteiger partial charge < -0.3 is 4.74 Å². The third-order valence-electron chi connectivity index (χ3n) is 1.60. The molecule has 76 valence electrons. The first-order chi connectivity index (χ1) is 5.77. The minimum atomic E-state index is -0.146. The predicted molar refractivity (Wildman–Crippen MR) is 59.4 cm³/mol. The van der Waals surface area contributed by atoms with Crippen LogP contribution in [0, 0.1) is 0 Å². The van der Waals surface area contributed by atoms with Gasteiger partial charge in [0, 0.05) is 6.61 Å². The van der Waals surface area contributed by atoms with Crippen LogP contribution in [0.15, 0.2) is 4.99 Å². The lowest BCUT2D eigenvalue weighted by Crippen LogP contribution is -2.25. The summed E-state index contributed by atoms with van der Waals surface area (Å²) in [4.78, 5) is 4.06. The molecule has 0 aromatic heterocycles. The van der Waals surface area contributed by atoms with Crippen molar-refractivity contribution in [1.82, 2.24) is 0 Å². The van der Waals surface area contributed by atoms with Crippen LogP contribution in [0.25, 0.3) is 0 Å². The van der Waals surface area contributed by atoms with E-state index >= 15 is 0 Å². The van der Waals surface area contributed by atoms with Gasteiger partial charge in [-0.2, -0.15) is 0 Å². The van der Waals surface area contributed by atoms with Crippen molar-refractivity contribution in [3.8, 4) is 0 Å². The lowest BCUT2D eigenvalue weighted by molar-refractivity contribution is -0.00923. The summed E-state index contributed by atoms with van der Waals surface area (Å²) in [5.41, 5.74) is -0.218. The summed E-state index contributed by atoms with van der Waals surface area (Å²) in [7, 11) is 0. The monoisotopic (exact) mass is 201 g/mol. The van der Waals surface area contributed by atoms with Crippen molar-refractivity contribution in [3.63, 3.8) is 0 Å². The highest BCUT2D eigenvalue weighted by Crippen LogP contribution is 2.16. The van der Waals surface area contributed by atoms with Crippen LogP contribution in [0.2, 0.25) is 0 Å². The molecule has 0 fully saturated rings. The smallest absolute Gasteiger partial charge is 0.0676 e. The fraction of sp³-hybridized carbons (Fsp3) is 0.900. The molecule has 0 aliphatic carbocycles. The SMILES string of the molecule is CC(C)(CCOC(C)(C)C)N=C=S. The van der Waals surface area contributed by atoms with Gasteiger partial charge in [0.25, 0.3) is 0 Å². The van der Waals surface area contributed by atoms with Crippen LogP contribution in [-0.2, 0) is 4.74 Å². The second-order valence-corrected chi connectivity index (χ2v) is 4.91. The fourth-order valence-electron chi connectivity index (χ4n) is 0.786. The average molecular weight is 201 g/mol. The Morgan fingerprint density at radius 2 is 1.77 bits per heavy atom. The van der Waals surface area contributed by atoms with E-state index < -0.39 is 0 Å². The van der Waals surface area contributed by atoms with Crippen LogP contribution in [-0.4, -0.2) is 22.9 Å². The highest BCUT2D eigenvalue weighted by atomic mass is 32.1. The molecule has 3 heteroatoms. The van der Waals surface area contributed by atoms with Gasteiger partial charge in [-0.25, -0.2) is 4.99 Å². The third kappa shape index (κ3) is 8.10. The molecule has 0 saturated carbocycles. The number of nitrogens with zero attached hydrogens (tertiary/aromatic N) is 1. The maximum absolute atomic E-state index is 5.59. The molecule has 0 heterocycles. The van der Waals surface area contributed by atoms with Gasteiger partial charge in [0.1, 0.15) is 0 Å². The Balaban J connectivity index is 3.83. The van der Waals surface area contributed by atoms with E-state index in [1.165, 1.54) is 0 Å². The summed E-state index contributed by atoms with van der Waals surface area (Å²) in [5, 5.41) is 2.41. The quantitative estimate of drug-likeness (QED) is 0.515. The Kier molecular flexibility index (Phi) is 4.76. The molecular formula is C10H19NOS. The standard InChI is InChI=1S/C10H19NOS/c1-9(2,3)12-7-6-10(4,5)11-8-13/h6-7H2,1-5H3. The minimum absolute atomic E-state index is 0.0720. The molecule has 0 saturated heterocycles. The first-order valence-corrected chi connectivity index (χ1v) is 4.91. The zero-order valence-corrected chi connectivity index (χ0v) is 9.99. The van der Waals surface area contributed by atoms with Crippen LogP contribution in [0.5, 0.6) is 0 Å². The topological polar surface area (TPSA) is 21.6 Å². The number of rotatable bonds is 4. The molecule has 0 atom stereocenters. The first kappa shape index (κ1) is 12.8. The number of hydrogen-bond acceptors (Lipinski definition) is 3. The van der Waals surface area contributed by atoms with Crippen LogP contribution in [0.4, 0.5) is 0 Å². The molecule has 0 rings (SSSR count). The molecule has 0 aromatic carbocycles. The van der Waals surface area contributed by atoms with Crippen LogP contribution < -0.4 is 0 Å². The summed E-state index contributed by atoms with van der Waals surface area (Å²) < 4.78 is 5.59. The lowest BCUT2D eigenvalue weighted by Gasteiger charge is -2.23. The Labute approximate surface area is 86.4 Å². The van der Waals surface area contributed by atoms with Crippen molar-refractivity contribution in [2.24, 2.45) is 4.99 Å². The van der Waals surface area contributed by atoms with Gasteiger partial charge in [0.05, 0.1) is 16.3 Å². The number of ether oxygens (including phenoxy) is 1. The predicted octanol–water partition coefficient (Wildman–Crippen LogP) is 3.07. The van der Waals surface area contributed by atoms with Crippen molar-refractivity contribution in [2.45, 2.75) is 52.2 Å². The van der Waals surface area contributed by atoms with Gasteiger partial charge in [-0.3, -0.25) is 0 Å². The summed E-state index contributed by atoms with van der Waals surface area (Å²) in [5.74, 6) is 0. The Morgan fingerprint density at radius 3 is 2.15 bits per heavy atom. The van der Waals surface area contributed by atoms with E-state index in [2.05, 4.69) is 22.4 Å². The van der Waals surface area contributed by atoms with Gasteiger partial charge in [-0.05, 0) is 53.3 Å². The van der Waals surface area contributed by atoms with Crippen LogP contribution in [0.1, 0.15) is 41.0 Å². The van der Waals surface area contributed by atoms with E-state index in [1.54, 1.807) is 0 Å². The van der Waals surface area contributed by atoms with Crippen molar-refractivity contribution < 1.29 is 4.74 Å². The van der Waals surface area contributed by atoms with Crippen LogP contribution >= 0.6 is 12.2 Å². The van der Waals surface area contributed by atoms with Crippen molar-refractivity contribution >= 4 is 17.4 Å². The van der Waals surface area contributed by atoms with Gasteiger partial charge in [-0.15, -0.1) is 0 Å². The van der Waals surface area contributed by atoms with E-state index in [4.69, 9.17) is 4.74 Å². The van der Waals surface area contributed by atoms with Gasteiger partial charge in [0.2, 0.25) is 0 Å². The number of thiocarbonyl (C=S) groups is 1. The second kappa shape index (κ2) is 4.85. The summed E-state index contributed by atoms with van der Waals surface area (Å²) in [6.45, 7) is 10.9. The zero-order chi connectivity index (χ0) is 10.5. The molecule has 0 amide bonds. The Bertz CT molecular complexity index is 199. The van der Waals surface area contributed by atoms with Gasteiger partial charge in [-0.1, -0.05) is 0 Å². The molecule has 0 aromatic rings. The molecule has 0 N–H and O–H groups in total. The highest BCUT2D eigenvalue weighted by Gasteiger charge is 2.17. The molecule has 13 heavy (non-hydrogen) atoms. The van der Waals surface area contributed by atoms with Crippen molar-refractivity contribution in [1.29, 1.82) is 0 Å². The van der Waals surface area contributed by atoms with Crippen molar-refractivity contribution in [2.75, 3.05) is 6.61 Å². The molecule has 2 nitrogen and oxygen atoms in total. The van der Waals surface area contributed by atoms with E-state index in [9.17, 15) is 0 Å². The Morgan fingerprint density at radius 1 is 1.23 bits per heavy atom. The van der Waals surface area contributed by atoms with E-state index in [0.717, 1.165) is 6.42 Å². The highest BCUT2D eigenvalue weighted by molar-refractivity contribution is 7.78. The molecule has 0 bridgehead atoms. The molecular weight excluding hydrogens is 182 g/mol. The van der Waals surface area contributed by atoms with Crippen LogP contribution in [0.3, 0.4) is 0 Å². The van der Waals surface area contributed by atoms with Gasteiger partial charge in [0.15, 0.2) is 0 Å². The largest absolute Gasteiger partial charge is 0.376 e. The minimum Gasteiger partial charge on any atom is -0.376 e. The maximum atomic E-state index is 5.59. The van der Waals surface area contributed by atoms with E-state index in [0.29, 0.717) is 6.61 Å². The number of hydrogen-bond donors (Lipinski definition) is 0. The van der Waals surface area contributed by atoms with E-state index in [-0.39, 0.29) is 11.1 Å². The summed E-state index contributed by atoms with van der Waals surface area (Å²) >= 11 is 4.57. The lowest BCUT2D eigenvalue weighted by atomic mass is 10.0. The molecule has 0 spiro atoms. The summed E-state index contributed by atoms with van der Waals surface area (Å²) in [6.07, 6.45) is 0.869. The first-order valence-electron chi connectivity index (χ1n) is 4.50. The van der Waals surface area contributed by atoms with Crippen molar-refractivity contribution in [3.05, 3.63) is 0 Å². The molecule has 0 aliphatic heterocycles. The zero-order valence-electron chi connectivity index (χ0n) is 9.18. The maximum Gasteiger partial charge on any atom is 0.0676 e. The molecule has 0 radical (unpaired) electrons. The summed E-state index contributed by atoms with van der Waals surface area (Å²) in [6, 6.07) is 0.